The monoisotopic (exact) mass is 358 g/mol. The van der Waals surface area contributed by atoms with Crippen molar-refractivity contribution in [1.29, 1.82) is 0 Å². The van der Waals surface area contributed by atoms with E-state index in [2.05, 4.69) is 15.4 Å². The second-order valence-electron chi connectivity index (χ2n) is 5.25. The zero-order valence-electron chi connectivity index (χ0n) is 13.3. The van der Waals surface area contributed by atoms with Crippen molar-refractivity contribution in [3.05, 3.63) is 84.0 Å². The quantitative estimate of drug-likeness (QED) is 0.752. The first-order chi connectivity index (χ1) is 12.4. The number of anilines is 1. The van der Waals surface area contributed by atoms with Crippen LogP contribution in [0.4, 0.5) is 23.7 Å². The third kappa shape index (κ3) is 4.15. The van der Waals surface area contributed by atoms with Gasteiger partial charge in [0, 0.05) is 6.20 Å². The van der Waals surface area contributed by atoms with Crippen LogP contribution < -0.4 is 10.7 Å². The number of nitrogens with one attached hydrogen (secondary N) is 1. The van der Waals surface area contributed by atoms with Gasteiger partial charge in [0.25, 0.3) is 0 Å². The summed E-state index contributed by atoms with van der Waals surface area (Å²) in [6.07, 6.45) is -1.62. The zero-order valence-corrected chi connectivity index (χ0v) is 13.3. The molecule has 3 aromatic rings. The molecular weight excluding hydrogens is 345 g/mol. The fourth-order valence-corrected chi connectivity index (χ4v) is 2.25. The summed E-state index contributed by atoms with van der Waals surface area (Å²) in [6.45, 7) is 0. The molecule has 26 heavy (non-hydrogen) atoms. The summed E-state index contributed by atoms with van der Waals surface area (Å²) in [5, 5.41) is 6.50. The maximum absolute atomic E-state index is 12.9. The van der Waals surface area contributed by atoms with Crippen molar-refractivity contribution < 1.29 is 18.0 Å². The van der Waals surface area contributed by atoms with Gasteiger partial charge in [0.1, 0.15) is 0 Å². The van der Waals surface area contributed by atoms with Crippen LogP contribution in [0.25, 0.3) is 5.69 Å². The van der Waals surface area contributed by atoms with Gasteiger partial charge in [-0.3, -0.25) is 0 Å². The minimum Gasteiger partial charge on any atom is -0.305 e. The van der Waals surface area contributed by atoms with Crippen molar-refractivity contribution in [2.45, 2.75) is 6.18 Å². The highest BCUT2D eigenvalue weighted by atomic mass is 19.4. The summed E-state index contributed by atoms with van der Waals surface area (Å²) in [6, 6.07) is 14.6. The molecule has 3 rings (SSSR count). The average Bonchev–Trinajstić information content (AvgIpc) is 2.62. The van der Waals surface area contributed by atoms with E-state index in [0.29, 0.717) is 0 Å². The SMILES string of the molecule is O=C(/N=c1/ccn(-c2ccccc2)nc1)Nc1ccccc1C(F)(F)F. The van der Waals surface area contributed by atoms with E-state index in [4.69, 9.17) is 0 Å². The largest absolute Gasteiger partial charge is 0.418 e. The number of alkyl halides is 3. The third-order valence-corrected chi connectivity index (χ3v) is 3.43. The number of urea groups is 1. The fraction of sp³-hybridized carbons (Fsp3) is 0.0556. The van der Waals surface area contributed by atoms with Crippen molar-refractivity contribution in [3.63, 3.8) is 0 Å². The molecule has 0 saturated heterocycles. The van der Waals surface area contributed by atoms with Gasteiger partial charge in [0.15, 0.2) is 0 Å². The molecule has 2 aromatic carbocycles. The van der Waals surface area contributed by atoms with E-state index in [-0.39, 0.29) is 11.0 Å². The van der Waals surface area contributed by atoms with Gasteiger partial charge in [-0.2, -0.15) is 23.3 Å². The van der Waals surface area contributed by atoms with Crippen molar-refractivity contribution in [1.82, 2.24) is 9.78 Å². The Labute approximate surface area is 146 Å². The van der Waals surface area contributed by atoms with Crippen LogP contribution in [0.5, 0.6) is 0 Å². The van der Waals surface area contributed by atoms with Gasteiger partial charge in [-0.1, -0.05) is 30.3 Å². The van der Waals surface area contributed by atoms with Gasteiger partial charge in [0.2, 0.25) is 0 Å². The lowest BCUT2D eigenvalue weighted by Crippen LogP contribution is -2.17. The minimum atomic E-state index is -4.57. The van der Waals surface area contributed by atoms with E-state index in [0.717, 1.165) is 11.8 Å². The first-order valence-corrected chi connectivity index (χ1v) is 7.56. The summed E-state index contributed by atoms with van der Waals surface area (Å²) in [5.74, 6) is 0. The average molecular weight is 358 g/mol. The summed E-state index contributed by atoms with van der Waals surface area (Å²) < 4.78 is 40.4. The summed E-state index contributed by atoms with van der Waals surface area (Å²) in [7, 11) is 0. The highest BCUT2D eigenvalue weighted by molar-refractivity contribution is 5.90. The van der Waals surface area contributed by atoms with E-state index in [1.54, 1.807) is 10.9 Å². The number of halogens is 3. The minimum absolute atomic E-state index is 0.221. The second kappa shape index (κ2) is 7.22. The molecule has 5 nitrogen and oxygen atoms in total. The van der Waals surface area contributed by atoms with Gasteiger partial charge < -0.3 is 5.32 Å². The molecule has 1 aromatic heterocycles. The molecule has 8 heteroatoms. The molecule has 0 spiro atoms. The van der Waals surface area contributed by atoms with Crippen LogP contribution in [0.15, 0.2) is 78.0 Å². The molecule has 0 atom stereocenters. The number of hydrogen-bond acceptors (Lipinski definition) is 2. The van der Waals surface area contributed by atoms with E-state index in [9.17, 15) is 18.0 Å². The Morgan fingerprint density at radius 3 is 2.35 bits per heavy atom. The van der Waals surface area contributed by atoms with Crippen LogP contribution in [0.1, 0.15) is 5.56 Å². The van der Waals surface area contributed by atoms with E-state index in [1.165, 1.54) is 30.5 Å². The molecule has 0 radical (unpaired) electrons. The lowest BCUT2D eigenvalue weighted by Gasteiger charge is -2.12. The molecule has 0 fully saturated rings. The van der Waals surface area contributed by atoms with Gasteiger partial charge in [-0.15, -0.1) is 0 Å². The predicted octanol–water partition coefficient (Wildman–Crippen LogP) is 4.02. The lowest BCUT2D eigenvalue weighted by atomic mass is 10.1. The predicted molar refractivity (Wildman–Crippen MR) is 89.6 cm³/mol. The maximum Gasteiger partial charge on any atom is 0.418 e. The summed E-state index contributed by atoms with van der Waals surface area (Å²) >= 11 is 0. The molecular formula is C18H13F3N4O. The van der Waals surface area contributed by atoms with Crippen LogP contribution in [0, 0.1) is 0 Å². The van der Waals surface area contributed by atoms with Crippen LogP contribution in [0.3, 0.4) is 0 Å². The van der Waals surface area contributed by atoms with Gasteiger partial charge in [-0.05, 0) is 30.3 Å². The second-order valence-corrected chi connectivity index (χ2v) is 5.25. The zero-order chi connectivity index (χ0) is 18.6. The first-order valence-electron chi connectivity index (χ1n) is 7.56. The third-order valence-electron chi connectivity index (χ3n) is 3.43. The van der Waals surface area contributed by atoms with Crippen molar-refractivity contribution in [2.24, 2.45) is 4.99 Å². The highest BCUT2D eigenvalue weighted by Crippen LogP contribution is 2.34. The molecule has 2 amide bonds. The summed E-state index contributed by atoms with van der Waals surface area (Å²) in [5.41, 5.74) is -0.462. The van der Waals surface area contributed by atoms with E-state index in [1.807, 2.05) is 30.3 Å². The first kappa shape index (κ1) is 17.4. The van der Waals surface area contributed by atoms with E-state index >= 15 is 0 Å². The molecule has 132 valence electrons. The van der Waals surface area contributed by atoms with Crippen LogP contribution in [-0.2, 0) is 6.18 Å². The number of carbonyl (C=O) groups is 1. The van der Waals surface area contributed by atoms with Crippen molar-refractivity contribution >= 4 is 11.7 Å². The number of aromatic nitrogens is 2. The molecule has 0 aliphatic rings. The Bertz CT molecular complexity index is 961. The molecule has 0 bridgehead atoms. The number of amides is 2. The molecule has 0 aliphatic heterocycles. The van der Waals surface area contributed by atoms with Crippen LogP contribution in [0.2, 0.25) is 0 Å². The Morgan fingerprint density at radius 2 is 1.69 bits per heavy atom. The normalized spacial score (nSPS) is 12.0. The van der Waals surface area contributed by atoms with Crippen LogP contribution in [-0.4, -0.2) is 15.8 Å². The molecule has 0 saturated carbocycles. The number of para-hydroxylation sites is 2. The van der Waals surface area contributed by atoms with Crippen LogP contribution >= 0.6 is 0 Å². The number of benzene rings is 2. The van der Waals surface area contributed by atoms with Gasteiger partial charge in [0.05, 0.1) is 28.5 Å². The smallest absolute Gasteiger partial charge is 0.305 e. The van der Waals surface area contributed by atoms with E-state index < -0.39 is 17.8 Å². The Balaban J connectivity index is 1.80. The molecule has 1 heterocycles. The molecule has 1 N–H and O–H groups in total. The van der Waals surface area contributed by atoms with Gasteiger partial charge >= 0.3 is 12.2 Å². The molecule has 0 unspecified atom stereocenters. The highest BCUT2D eigenvalue weighted by Gasteiger charge is 2.33. The number of hydrogen-bond donors (Lipinski definition) is 1. The Hall–Kier alpha value is -3.42. The summed E-state index contributed by atoms with van der Waals surface area (Å²) in [4.78, 5) is 15.7. The maximum atomic E-state index is 12.9. The molecule has 0 aliphatic carbocycles. The Kier molecular flexibility index (Phi) is 4.83. The van der Waals surface area contributed by atoms with Crippen molar-refractivity contribution in [3.8, 4) is 5.69 Å². The van der Waals surface area contributed by atoms with Crippen molar-refractivity contribution in [2.75, 3.05) is 5.32 Å². The number of nitrogens with zero attached hydrogens (tertiary/aromatic N) is 3. The number of rotatable bonds is 2. The standard InChI is InChI=1S/C18H13F3N4O/c19-18(20,21)15-8-4-5-9-16(15)24-17(26)23-13-10-11-25(22-12-13)14-6-2-1-3-7-14/h1-12H,(H,24,26)/b23-13-. The fourth-order valence-electron chi connectivity index (χ4n) is 2.25. The lowest BCUT2D eigenvalue weighted by molar-refractivity contribution is -0.136. The topological polar surface area (TPSA) is 59.3 Å². The Morgan fingerprint density at radius 1 is 1.00 bits per heavy atom. The van der Waals surface area contributed by atoms with Gasteiger partial charge in [-0.25, -0.2) is 9.48 Å². The number of carbonyl (C=O) groups excluding carboxylic acids is 1.